The number of nitrogens with one attached hydrogen (secondary N) is 2. The molecule has 0 aliphatic heterocycles. The van der Waals surface area contributed by atoms with Crippen LogP contribution in [0.1, 0.15) is 13.8 Å². The molecular formula is C22H20ClFN2O4S. The smallest absolute Gasteiger partial charge is 0.267 e. The zero-order valence-electron chi connectivity index (χ0n) is 16.7. The predicted molar refractivity (Wildman–Crippen MR) is 118 cm³/mol. The minimum Gasteiger partial charge on any atom is -0.478 e. The largest absolute Gasteiger partial charge is 0.478 e. The highest BCUT2D eigenvalue weighted by Gasteiger charge is 2.30. The van der Waals surface area contributed by atoms with Crippen LogP contribution in [-0.4, -0.2) is 19.9 Å². The normalized spacial score (nSPS) is 11.6. The molecule has 1 amide bonds. The number of sulfonamides is 1. The second-order valence-corrected chi connectivity index (χ2v) is 9.28. The Morgan fingerprint density at radius 3 is 2.03 bits per heavy atom. The molecule has 0 bridgehead atoms. The molecule has 2 N–H and O–H groups in total. The Hall–Kier alpha value is -3.10. The minimum atomic E-state index is -3.86. The van der Waals surface area contributed by atoms with E-state index in [2.05, 4.69) is 10.0 Å². The summed E-state index contributed by atoms with van der Waals surface area (Å²) in [6.07, 6.45) is 0. The average Bonchev–Trinajstić information content (AvgIpc) is 2.71. The van der Waals surface area contributed by atoms with E-state index in [1.165, 1.54) is 36.4 Å². The van der Waals surface area contributed by atoms with Gasteiger partial charge < -0.3 is 10.1 Å². The fourth-order valence-corrected chi connectivity index (χ4v) is 3.76. The Labute approximate surface area is 185 Å². The summed E-state index contributed by atoms with van der Waals surface area (Å²) < 4.78 is 46.1. The standard InChI is InChI=1S/C22H20ClFN2O4S/c1-22(2,30-19-11-3-15(23)4-12-19)21(27)25-17-9-13-20(14-10-17)31(28,29)26-18-7-5-16(24)6-8-18/h3-14,26H,1-2H3,(H,25,27). The fraction of sp³-hybridized carbons (Fsp3) is 0.136. The summed E-state index contributed by atoms with van der Waals surface area (Å²) in [5.41, 5.74) is -0.554. The van der Waals surface area contributed by atoms with Crippen LogP contribution >= 0.6 is 11.6 Å². The number of hydrogen-bond donors (Lipinski definition) is 2. The summed E-state index contributed by atoms with van der Waals surface area (Å²) in [5, 5.41) is 3.26. The van der Waals surface area contributed by atoms with E-state index in [0.29, 0.717) is 16.5 Å². The van der Waals surface area contributed by atoms with Gasteiger partial charge >= 0.3 is 0 Å². The summed E-state index contributed by atoms with van der Waals surface area (Å²) >= 11 is 5.85. The summed E-state index contributed by atoms with van der Waals surface area (Å²) in [4.78, 5) is 12.6. The SMILES string of the molecule is CC(C)(Oc1ccc(Cl)cc1)C(=O)Nc1ccc(S(=O)(=O)Nc2ccc(F)cc2)cc1. The Balaban J connectivity index is 1.67. The Morgan fingerprint density at radius 1 is 0.903 bits per heavy atom. The molecule has 0 aliphatic carbocycles. The van der Waals surface area contributed by atoms with Crippen molar-refractivity contribution in [1.29, 1.82) is 0 Å². The molecule has 3 aromatic carbocycles. The van der Waals surface area contributed by atoms with E-state index >= 15 is 0 Å². The number of halogens is 2. The number of carbonyl (C=O) groups is 1. The molecule has 9 heteroatoms. The van der Waals surface area contributed by atoms with Crippen LogP contribution in [0, 0.1) is 5.82 Å². The third kappa shape index (κ3) is 5.96. The first-order valence-corrected chi connectivity index (χ1v) is 11.1. The zero-order valence-corrected chi connectivity index (χ0v) is 18.3. The molecule has 0 spiro atoms. The maximum atomic E-state index is 13.0. The molecule has 6 nitrogen and oxygen atoms in total. The molecule has 0 radical (unpaired) electrons. The molecule has 3 rings (SSSR count). The number of anilines is 2. The van der Waals surface area contributed by atoms with E-state index in [9.17, 15) is 17.6 Å². The molecule has 0 atom stereocenters. The Morgan fingerprint density at radius 2 is 1.45 bits per heavy atom. The number of ether oxygens (including phenoxy) is 1. The first-order valence-electron chi connectivity index (χ1n) is 9.20. The van der Waals surface area contributed by atoms with Crippen LogP contribution in [0.2, 0.25) is 5.02 Å². The molecule has 31 heavy (non-hydrogen) atoms. The van der Waals surface area contributed by atoms with Gasteiger partial charge in [0.1, 0.15) is 11.6 Å². The van der Waals surface area contributed by atoms with E-state index in [-0.39, 0.29) is 10.6 Å². The van der Waals surface area contributed by atoms with E-state index in [1.54, 1.807) is 38.1 Å². The van der Waals surface area contributed by atoms with Crippen LogP contribution in [0.5, 0.6) is 5.75 Å². The summed E-state index contributed by atoms with van der Waals surface area (Å²) in [6.45, 7) is 3.23. The summed E-state index contributed by atoms with van der Waals surface area (Å²) in [6, 6.07) is 17.2. The van der Waals surface area contributed by atoms with Crippen molar-refractivity contribution in [3.8, 4) is 5.75 Å². The topological polar surface area (TPSA) is 84.5 Å². The highest BCUT2D eigenvalue weighted by molar-refractivity contribution is 7.92. The molecule has 0 aromatic heterocycles. The maximum Gasteiger partial charge on any atom is 0.267 e. The van der Waals surface area contributed by atoms with Crippen molar-refractivity contribution in [2.24, 2.45) is 0 Å². The van der Waals surface area contributed by atoms with Crippen molar-refractivity contribution < 1.29 is 22.3 Å². The lowest BCUT2D eigenvalue weighted by molar-refractivity contribution is -0.128. The second-order valence-electron chi connectivity index (χ2n) is 7.16. The molecule has 0 fully saturated rings. The molecule has 3 aromatic rings. The second kappa shape index (κ2) is 8.95. The van der Waals surface area contributed by atoms with Gasteiger partial charge in [-0.1, -0.05) is 11.6 Å². The lowest BCUT2D eigenvalue weighted by atomic mass is 10.1. The van der Waals surface area contributed by atoms with Gasteiger partial charge in [-0.2, -0.15) is 0 Å². The van der Waals surface area contributed by atoms with E-state index < -0.39 is 27.3 Å². The van der Waals surface area contributed by atoms with Gasteiger partial charge in [-0.05, 0) is 86.6 Å². The molecule has 0 saturated heterocycles. The number of carbonyl (C=O) groups excluding carboxylic acids is 1. The minimum absolute atomic E-state index is 0.00787. The van der Waals surface area contributed by atoms with E-state index in [1.807, 2.05) is 0 Å². The van der Waals surface area contributed by atoms with Crippen LogP contribution in [0.25, 0.3) is 0 Å². The van der Waals surface area contributed by atoms with Gasteiger partial charge in [0.2, 0.25) is 0 Å². The monoisotopic (exact) mass is 462 g/mol. The van der Waals surface area contributed by atoms with Crippen LogP contribution in [-0.2, 0) is 14.8 Å². The van der Waals surface area contributed by atoms with Crippen molar-refractivity contribution in [1.82, 2.24) is 0 Å². The quantitative estimate of drug-likeness (QED) is 0.513. The lowest BCUT2D eigenvalue weighted by Crippen LogP contribution is -2.42. The number of benzene rings is 3. The first-order chi connectivity index (χ1) is 14.5. The van der Waals surface area contributed by atoms with Gasteiger partial charge in [0, 0.05) is 16.4 Å². The van der Waals surface area contributed by atoms with Gasteiger partial charge in [-0.15, -0.1) is 0 Å². The highest BCUT2D eigenvalue weighted by Crippen LogP contribution is 2.23. The Bertz CT molecular complexity index is 1160. The average molecular weight is 463 g/mol. The van der Waals surface area contributed by atoms with Crippen molar-refractivity contribution in [3.63, 3.8) is 0 Å². The lowest BCUT2D eigenvalue weighted by Gasteiger charge is -2.25. The molecule has 0 heterocycles. The zero-order chi connectivity index (χ0) is 22.6. The molecule has 0 aliphatic rings. The van der Waals surface area contributed by atoms with Crippen molar-refractivity contribution in [2.75, 3.05) is 10.0 Å². The number of rotatable bonds is 7. The Kier molecular flexibility index (Phi) is 6.52. The van der Waals surface area contributed by atoms with Crippen LogP contribution in [0.15, 0.2) is 77.7 Å². The summed E-state index contributed by atoms with van der Waals surface area (Å²) in [7, 11) is -3.86. The predicted octanol–water partition coefficient (Wildman–Crippen LogP) is 5.08. The molecule has 0 saturated carbocycles. The summed E-state index contributed by atoms with van der Waals surface area (Å²) in [5.74, 6) is -0.397. The van der Waals surface area contributed by atoms with E-state index in [4.69, 9.17) is 16.3 Å². The van der Waals surface area contributed by atoms with Gasteiger partial charge in [0.25, 0.3) is 15.9 Å². The van der Waals surface area contributed by atoms with Crippen LogP contribution in [0.4, 0.5) is 15.8 Å². The highest BCUT2D eigenvalue weighted by atomic mass is 35.5. The van der Waals surface area contributed by atoms with Gasteiger partial charge in [0.15, 0.2) is 5.60 Å². The van der Waals surface area contributed by atoms with Crippen LogP contribution in [0.3, 0.4) is 0 Å². The third-order valence-electron chi connectivity index (χ3n) is 4.25. The molecule has 162 valence electrons. The van der Waals surface area contributed by atoms with Crippen molar-refractivity contribution >= 4 is 38.9 Å². The molecular weight excluding hydrogens is 443 g/mol. The first kappa shape index (κ1) is 22.6. The van der Waals surface area contributed by atoms with Crippen LogP contribution < -0.4 is 14.8 Å². The van der Waals surface area contributed by atoms with Gasteiger partial charge in [0.05, 0.1) is 4.90 Å². The molecule has 0 unspecified atom stereocenters. The van der Waals surface area contributed by atoms with Crippen molar-refractivity contribution in [2.45, 2.75) is 24.3 Å². The van der Waals surface area contributed by atoms with E-state index in [0.717, 1.165) is 12.1 Å². The number of amides is 1. The maximum absolute atomic E-state index is 13.0. The fourth-order valence-electron chi connectivity index (χ4n) is 2.57. The van der Waals surface area contributed by atoms with Gasteiger partial charge in [-0.3, -0.25) is 9.52 Å². The third-order valence-corrected chi connectivity index (χ3v) is 5.90. The van der Waals surface area contributed by atoms with Crippen molar-refractivity contribution in [3.05, 3.63) is 83.6 Å². The van der Waals surface area contributed by atoms with Gasteiger partial charge in [-0.25, -0.2) is 12.8 Å². The number of hydrogen-bond acceptors (Lipinski definition) is 4.